The molecule has 0 amide bonds. The summed E-state index contributed by atoms with van der Waals surface area (Å²) in [7, 11) is 0. The molecule has 18 heavy (non-hydrogen) atoms. The van der Waals surface area contributed by atoms with Gasteiger partial charge in [-0.15, -0.1) is 11.6 Å². The first-order valence-electron chi connectivity index (χ1n) is 7.12. The second kappa shape index (κ2) is 6.58. The molecule has 1 heterocycles. The molecule has 0 radical (unpaired) electrons. The lowest BCUT2D eigenvalue weighted by Gasteiger charge is -2.18. The SMILES string of the molecule is CCc1ccc(CC)c(C(Cl)CC2CCCO2)c1. The Bertz CT molecular complexity index is 383. The Hall–Kier alpha value is -0.530. The van der Waals surface area contributed by atoms with Gasteiger partial charge in [-0.25, -0.2) is 0 Å². The van der Waals surface area contributed by atoms with Gasteiger partial charge in [0.25, 0.3) is 0 Å². The van der Waals surface area contributed by atoms with Gasteiger partial charge in [-0.3, -0.25) is 0 Å². The van der Waals surface area contributed by atoms with Crippen LogP contribution < -0.4 is 0 Å². The van der Waals surface area contributed by atoms with E-state index in [2.05, 4.69) is 32.0 Å². The maximum atomic E-state index is 6.62. The Balaban J connectivity index is 2.13. The van der Waals surface area contributed by atoms with E-state index in [0.717, 1.165) is 32.3 Å². The number of hydrogen-bond acceptors (Lipinski definition) is 1. The highest BCUT2D eigenvalue weighted by molar-refractivity contribution is 6.20. The third-order valence-electron chi connectivity index (χ3n) is 3.83. The van der Waals surface area contributed by atoms with Crippen molar-refractivity contribution in [3.63, 3.8) is 0 Å². The van der Waals surface area contributed by atoms with E-state index in [1.54, 1.807) is 0 Å². The molecule has 1 aliphatic rings. The zero-order valence-electron chi connectivity index (χ0n) is 11.4. The minimum atomic E-state index is 0.0922. The van der Waals surface area contributed by atoms with Crippen LogP contribution in [0.2, 0.25) is 0 Å². The molecule has 2 atom stereocenters. The maximum absolute atomic E-state index is 6.62. The highest BCUT2D eigenvalue weighted by Gasteiger charge is 2.22. The summed E-state index contributed by atoms with van der Waals surface area (Å²) in [6, 6.07) is 6.74. The normalized spacial score (nSPS) is 21.2. The van der Waals surface area contributed by atoms with Gasteiger partial charge in [0, 0.05) is 6.61 Å². The quantitative estimate of drug-likeness (QED) is 0.705. The average molecular weight is 267 g/mol. The molecule has 0 aliphatic carbocycles. The lowest BCUT2D eigenvalue weighted by Crippen LogP contribution is -2.09. The topological polar surface area (TPSA) is 9.23 Å². The first-order chi connectivity index (χ1) is 8.74. The second-order valence-corrected chi connectivity index (χ2v) is 5.61. The van der Waals surface area contributed by atoms with Crippen molar-refractivity contribution in [2.45, 2.75) is 57.4 Å². The lowest BCUT2D eigenvalue weighted by molar-refractivity contribution is 0.103. The van der Waals surface area contributed by atoms with Crippen molar-refractivity contribution < 1.29 is 4.74 Å². The fraction of sp³-hybridized carbons (Fsp3) is 0.625. The fourth-order valence-electron chi connectivity index (χ4n) is 2.67. The van der Waals surface area contributed by atoms with Gasteiger partial charge in [0.1, 0.15) is 0 Å². The largest absolute Gasteiger partial charge is 0.378 e. The molecule has 1 aliphatic heterocycles. The average Bonchev–Trinajstić information content (AvgIpc) is 2.90. The van der Waals surface area contributed by atoms with Crippen LogP contribution in [0, 0.1) is 0 Å². The molecule has 0 bridgehead atoms. The van der Waals surface area contributed by atoms with Gasteiger partial charge in [-0.1, -0.05) is 32.0 Å². The van der Waals surface area contributed by atoms with Gasteiger partial charge in [-0.2, -0.15) is 0 Å². The summed E-state index contributed by atoms with van der Waals surface area (Å²) in [6.07, 6.45) is 5.78. The van der Waals surface area contributed by atoms with Crippen molar-refractivity contribution in [3.05, 3.63) is 34.9 Å². The Labute approximate surface area is 115 Å². The van der Waals surface area contributed by atoms with Crippen LogP contribution in [0.3, 0.4) is 0 Å². The number of alkyl halides is 1. The predicted octanol–water partition coefficient (Wildman–Crippen LogP) is 4.66. The molecular formula is C16H23ClO. The highest BCUT2D eigenvalue weighted by Crippen LogP contribution is 2.33. The van der Waals surface area contributed by atoms with Crippen LogP contribution >= 0.6 is 11.6 Å². The Morgan fingerprint density at radius 2 is 2.17 bits per heavy atom. The fourth-order valence-corrected chi connectivity index (χ4v) is 3.07. The Morgan fingerprint density at radius 3 is 2.78 bits per heavy atom. The summed E-state index contributed by atoms with van der Waals surface area (Å²) < 4.78 is 5.69. The van der Waals surface area contributed by atoms with E-state index in [4.69, 9.17) is 16.3 Å². The van der Waals surface area contributed by atoms with Crippen LogP contribution in [0.1, 0.15) is 55.2 Å². The van der Waals surface area contributed by atoms with Crippen LogP contribution in [0.5, 0.6) is 0 Å². The van der Waals surface area contributed by atoms with Crippen molar-refractivity contribution in [1.82, 2.24) is 0 Å². The molecule has 2 rings (SSSR count). The first-order valence-corrected chi connectivity index (χ1v) is 7.55. The van der Waals surface area contributed by atoms with Crippen LogP contribution in [-0.2, 0) is 17.6 Å². The van der Waals surface area contributed by atoms with Crippen LogP contribution in [-0.4, -0.2) is 12.7 Å². The van der Waals surface area contributed by atoms with Crippen molar-refractivity contribution in [1.29, 1.82) is 0 Å². The van der Waals surface area contributed by atoms with E-state index in [1.165, 1.54) is 23.1 Å². The van der Waals surface area contributed by atoms with Crippen molar-refractivity contribution in [3.8, 4) is 0 Å². The molecule has 0 saturated carbocycles. The molecular weight excluding hydrogens is 244 g/mol. The van der Waals surface area contributed by atoms with Gasteiger partial charge in [-0.05, 0) is 48.8 Å². The van der Waals surface area contributed by atoms with Gasteiger partial charge < -0.3 is 4.74 Å². The first kappa shape index (κ1) is 13.9. The molecule has 2 unspecified atom stereocenters. The molecule has 1 aromatic carbocycles. The molecule has 0 spiro atoms. The van der Waals surface area contributed by atoms with Crippen molar-refractivity contribution in [2.24, 2.45) is 0 Å². The molecule has 0 N–H and O–H groups in total. The second-order valence-electron chi connectivity index (χ2n) is 5.08. The van der Waals surface area contributed by atoms with Crippen molar-refractivity contribution in [2.75, 3.05) is 6.61 Å². The minimum absolute atomic E-state index is 0.0922. The Kier molecular flexibility index (Phi) is 5.08. The summed E-state index contributed by atoms with van der Waals surface area (Å²) in [5.74, 6) is 0. The molecule has 100 valence electrons. The molecule has 1 saturated heterocycles. The molecule has 0 aromatic heterocycles. The third kappa shape index (κ3) is 3.27. The predicted molar refractivity (Wildman–Crippen MR) is 77.4 cm³/mol. The third-order valence-corrected chi connectivity index (χ3v) is 4.24. The summed E-state index contributed by atoms with van der Waals surface area (Å²) in [5.41, 5.74) is 4.07. The van der Waals surface area contributed by atoms with E-state index in [9.17, 15) is 0 Å². The van der Waals surface area contributed by atoms with Crippen LogP contribution in [0.25, 0.3) is 0 Å². The zero-order valence-corrected chi connectivity index (χ0v) is 12.2. The number of benzene rings is 1. The summed E-state index contributed by atoms with van der Waals surface area (Å²) in [5, 5.41) is 0.0922. The van der Waals surface area contributed by atoms with E-state index >= 15 is 0 Å². The monoisotopic (exact) mass is 266 g/mol. The van der Waals surface area contributed by atoms with Crippen molar-refractivity contribution >= 4 is 11.6 Å². The van der Waals surface area contributed by atoms with Gasteiger partial charge >= 0.3 is 0 Å². The number of halogens is 1. The highest BCUT2D eigenvalue weighted by atomic mass is 35.5. The van der Waals surface area contributed by atoms with Gasteiger partial charge in [0.05, 0.1) is 11.5 Å². The number of rotatable bonds is 5. The summed E-state index contributed by atoms with van der Waals surface area (Å²) in [6.45, 7) is 5.29. The number of aryl methyl sites for hydroxylation is 2. The molecule has 1 fully saturated rings. The zero-order chi connectivity index (χ0) is 13.0. The summed E-state index contributed by atoms with van der Waals surface area (Å²) in [4.78, 5) is 0. The number of hydrogen-bond donors (Lipinski definition) is 0. The van der Waals surface area contributed by atoms with Gasteiger partial charge in [0.15, 0.2) is 0 Å². The smallest absolute Gasteiger partial charge is 0.0612 e. The van der Waals surface area contributed by atoms with Crippen LogP contribution in [0.15, 0.2) is 18.2 Å². The minimum Gasteiger partial charge on any atom is -0.378 e. The van der Waals surface area contributed by atoms with E-state index in [0.29, 0.717) is 6.10 Å². The number of ether oxygens (including phenoxy) is 1. The molecule has 1 nitrogen and oxygen atoms in total. The van der Waals surface area contributed by atoms with E-state index < -0.39 is 0 Å². The maximum Gasteiger partial charge on any atom is 0.0612 e. The van der Waals surface area contributed by atoms with E-state index in [-0.39, 0.29) is 5.38 Å². The van der Waals surface area contributed by atoms with Gasteiger partial charge in [0.2, 0.25) is 0 Å². The standard InChI is InChI=1S/C16H23ClO/c1-3-12-7-8-13(4-2)15(10-12)16(17)11-14-6-5-9-18-14/h7-8,10,14,16H,3-6,9,11H2,1-2H3. The van der Waals surface area contributed by atoms with Crippen LogP contribution in [0.4, 0.5) is 0 Å². The summed E-state index contributed by atoms with van der Waals surface area (Å²) >= 11 is 6.62. The molecule has 1 aromatic rings. The lowest BCUT2D eigenvalue weighted by atomic mass is 9.95. The molecule has 2 heteroatoms. The van der Waals surface area contributed by atoms with E-state index in [1.807, 2.05) is 0 Å². The Morgan fingerprint density at radius 1 is 1.33 bits per heavy atom.